The summed E-state index contributed by atoms with van der Waals surface area (Å²) >= 11 is 0. The van der Waals surface area contributed by atoms with Gasteiger partial charge in [0.05, 0.1) is 18.1 Å². The predicted molar refractivity (Wildman–Crippen MR) is 113 cm³/mol. The molecule has 0 aliphatic heterocycles. The minimum Gasteiger partial charge on any atom is -0.497 e. The highest BCUT2D eigenvalue weighted by Gasteiger charge is 2.18. The van der Waals surface area contributed by atoms with Crippen LogP contribution in [0.1, 0.15) is 18.2 Å². The maximum absolute atomic E-state index is 13.0. The number of hydrogen-bond acceptors (Lipinski definition) is 4. The fourth-order valence-electron chi connectivity index (χ4n) is 3.61. The molecular formula is C22H22N4O3. The molecule has 29 heavy (non-hydrogen) atoms. The first-order chi connectivity index (χ1) is 14.0. The van der Waals surface area contributed by atoms with E-state index >= 15 is 0 Å². The number of methoxy groups -OCH3 is 1. The first-order valence-corrected chi connectivity index (χ1v) is 9.47. The maximum atomic E-state index is 13.0. The van der Waals surface area contributed by atoms with Gasteiger partial charge in [0, 0.05) is 16.9 Å². The van der Waals surface area contributed by atoms with Crippen LogP contribution in [0.5, 0.6) is 5.75 Å². The number of aromatic nitrogens is 3. The third-order valence-electron chi connectivity index (χ3n) is 5.12. The van der Waals surface area contributed by atoms with E-state index in [2.05, 4.69) is 10.3 Å². The normalized spacial score (nSPS) is 11.1. The number of carbonyl (C=O) groups excluding carboxylic acids is 1. The van der Waals surface area contributed by atoms with Gasteiger partial charge >= 0.3 is 0 Å². The van der Waals surface area contributed by atoms with Crippen LogP contribution in [0.3, 0.4) is 0 Å². The van der Waals surface area contributed by atoms with Crippen LogP contribution in [0.2, 0.25) is 0 Å². The molecule has 0 saturated carbocycles. The Balaban J connectivity index is 1.77. The van der Waals surface area contributed by atoms with Crippen molar-refractivity contribution in [1.82, 2.24) is 14.0 Å². The molecule has 0 aliphatic carbocycles. The average Bonchev–Trinajstić information content (AvgIpc) is 3.12. The fraction of sp³-hybridized carbons (Fsp3) is 0.227. The molecule has 2 heterocycles. The van der Waals surface area contributed by atoms with Gasteiger partial charge < -0.3 is 14.6 Å². The standard InChI is InChI=1S/C22H22N4O3/c1-4-17-14(2)25(13-20(27)23-15-9-11-16(29-3)12-10-15)22-24-18-7-5-6-8-19(18)26(22)21(17)28/h5-12H,4,13H2,1-3H3,(H,23,27). The van der Waals surface area contributed by atoms with Crippen LogP contribution < -0.4 is 15.6 Å². The number of fused-ring (bicyclic) bond motifs is 3. The average molecular weight is 390 g/mol. The second kappa shape index (κ2) is 7.43. The molecule has 0 spiro atoms. The molecule has 4 aromatic rings. The number of nitrogens with zero attached hydrogens (tertiary/aromatic N) is 3. The lowest BCUT2D eigenvalue weighted by molar-refractivity contribution is -0.116. The van der Waals surface area contributed by atoms with Gasteiger partial charge in [0.2, 0.25) is 11.7 Å². The summed E-state index contributed by atoms with van der Waals surface area (Å²) in [6, 6.07) is 14.6. The number of carbonyl (C=O) groups is 1. The topological polar surface area (TPSA) is 77.6 Å². The first-order valence-electron chi connectivity index (χ1n) is 9.47. The van der Waals surface area contributed by atoms with E-state index in [1.54, 1.807) is 40.3 Å². The van der Waals surface area contributed by atoms with Gasteiger partial charge in [0.1, 0.15) is 12.3 Å². The number of para-hydroxylation sites is 2. The Morgan fingerprint density at radius 2 is 1.86 bits per heavy atom. The molecule has 0 radical (unpaired) electrons. The lowest BCUT2D eigenvalue weighted by Crippen LogP contribution is -2.28. The van der Waals surface area contributed by atoms with Gasteiger partial charge in [-0.25, -0.2) is 9.38 Å². The molecule has 2 aromatic heterocycles. The number of ether oxygens (including phenoxy) is 1. The smallest absolute Gasteiger partial charge is 0.262 e. The van der Waals surface area contributed by atoms with E-state index in [9.17, 15) is 9.59 Å². The predicted octanol–water partition coefficient (Wildman–Crippen LogP) is 3.17. The minimum absolute atomic E-state index is 0.0535. The van der Waals surface area contributed by atoms with Crippen LogP contribution >= 0.6 is 0 Å². The summed E-state index contributed by atoms with van der Waals surface area (Å²) in [6.45, 7) is 3.86. The molecule has 1 amide bonds. The van der Waals surface area contributed by atoms with E-state index in [-0.39, 0.29) is 18.0 Å². The van der Waals surface area contributed by atoms with E-state index in [0.717, 1.165) is 22.5 Å². The molecule has 0 aliphatic rings. The molecule has 0 bridgehead atoms. The number of rotatable bonds is 5. The lowest BCUT2D eigenvalue weighted by atomic mass is 10.2. The van der Waals surface area contributed by atoms with Gasteiger partial charge in [0.15, 0.2) is 0 Å². The van der Waals surface area contributed by atoms with Crippen molar-refractivity contribution in [2.24, 2.45) is 0 Å². The maximum Gasteiger partial charge on any atom is 0.262 e. The van der Waals surface area contributed by atoms with E-state index in [1.165, 1.54) is 0 Å². The first kappa shape index (κ1) is 18.7. The minimum atomic E-state index is -0.196. The Bertz CT molecular complexity index is 1270. The van der Waals surface area contributed by atoms with Crippen LogP contribution in [-0.4, -0.2) is 27.0 Å². The summed E-state index contributed by atoms with van der Waals surface area (Å²) in [5, 5.41) is 2.89. The van der Waals surface area contributed by atoms with Gasteiger partial charge in [-0.05, 0) is 49.7 Å². The van der Waals surface area contributed by atoms with E-state index in [1.807, 2.05) is 38.1 Å². The van der Waals surface area contributed by atoms with Crippen LogP contribution in [-0.2, 0) is 17.8 Å². The summed E-state index contributed by atoms with van der Waals surface area (Å²) in [4.78, 5) is 30.4. The van der Waals surface area contributed by atoms with Crippen LogP contribution in [0.25, 0.3) is 16.8 Å². The SMILES string of the molecule is CCc1c(C)n(CC(=O)Nc2ccc(OC)cc2)c2nc3ccccc3n2c1=O. The zero-order chi connectivity index (χ0) is 20.5. The van der Waals surface area contributed by atoms with Gasteiger partial charge in [0.25, 0.3) is 5.56 Å². The lowest BCUT2D eigenvalue weighted by Gasteiger charge is -2.15. The van der Waals surface area contributed by atoms with Crippen LogP contribution in [0.4, 0.5) is 5.69 Å². The molecular weight excluding hydrogens is 368 g/mol. The van der Waals surface area contributed by atoms with Crippen LogP contribution in [0.15, 0.2) is 53.3 Å². The van der Waals surface area contributed by atoms with Crippen molar-refractivity contribution < 1.29 is 9.53 Å². The molecule has 0 unspecified atom stereocenters. The second-order valence-electron chi connectivity index (χ2n) is 6.82. The van der Waals surface area contributed by atoms with Gasteiger partial charge in [-0.1, -0.05) is 19.1 Å². The molecule has 1 N–H and O–H groups in total. The van der Waals surface area contributed by atoms with Crippen molar-refractivity contribution in [2.75, 3.05) is 12.4 Å². The highest BCUT2D eigenvalue weighted by Crippen LogP contribution is 2.19. The molecule has 0 atom stereocenters. The van der Waals surface area contributed by atoms with Crippen molar-refractivity contribution >= 4 is 28.4 Å². The van der Waals surface area contributed by atoms with Gasteiger partial charge in [-0.15, -0.1) is 0 Å². The van der Waals surface area contributed by atoms with Crippen molar-refractivity contribution in [1.29, 1.82) is 0 Å². The summed E-state index contributed by atoms with van der Waals surface area (Å²) < 4.78 is 8.55. The highest BCUT2D eigenvalue weighted by atomic mass is 16.5. The third-order valence-corrected chi connectivity index (χ3v) is 5.12. The number of benzene rings is 2. The second-order valence-corrected chi connectivity index (χ2v) is 6.82. The number of anilines is 1. The largest absolute Gasteiger partial charge is 0.497 e. The molecule has 0 fully saturated rings. The Morgan fingerprint density at radius 3 is 2.55 bits per heavy atom. The molecule has 7 heteroatoms. The Hall–Kier alpha value is -3.61. The molecule has 0 saturated heterocycles. The van der Waals surface area contributed by atoms with Crippen molar-refractivity contribution in [2.45, 2.75) is 26.8 Å². The summed E-state index contributed by atoms with van der Waals surface area (Å²) in [7, 11) is 1.59. The highest BCUT2D eigenvalue weighted by molar-refractivity contribution is 5.91. The molecule has 7 nitrogen and oxygen atoms in total. The van der Waals surface area contributed by atoms with Gasteiger partial charge in [-0.2, -0.15) is 0 Å². The monoisotopic (exact) mass is 390 g/mol. The zero-order valence-corrected chi connectivity index (χ0v) is 16.6. The summed E-state index contributed by atoms with van der Waals surface area (Å²) in [5.41, 5.74) is 3.49. The Kier molecular flexibility index (Phi) is 4.80. The summed E-state index contributed by atoms with van der Waals surface area (Å²) in [6.07, 6.45) is 0.577. The van der Waals surface area contributed by atoms with Crippen molar-refractivity contribution in [3.8, 4) is 5.75 Å². The Labute approximate surface area is 167 Å². The van der Waals surface area contributed by atoms with Crippen molar-refractivity contribution in [3.63, 3.8) is 0 Å². The quantitative estimate of drug-likeness (QED) is 0.568. The van der Waals surface area contributed by atoms with Gasteiger partial charge in [-0.3, -0.25) is 9.59 Å². The number of amides is 1. The zero-order valence-electron chi connectivity index (χ0n) is 16.6. The van der Waals surface area contributed by atoms with Crippen LogP contribution in [0, 0.1) is 6.92 Å². The number of nitrogens with one attached hydrogen (secondary N) is 1. The third kappa shape index (κ3) is 3.24. The van der Waals surface area contributed by atoms with Crippen molar-refractivity contribution in [3.05, 3.63) is 70.1 Å². The summed E-state index contributed by atoms with van der Waals surface area (Å²) in [5.74, 6) is 0.992. The van der Waals surface area contributed by atoms with E-state index in [0.29, 0.717) is 23.4 Å². The number of hydrogen-bond donors (Lipinski definition) is 1. The molecule has 4 rings (SSSR count). The van der Waals surface area contributed by atoms with E-state index < -0.39 is 0 Å². The Morgan fingerprint density at radius 1 is 1.14 bits per heavy atom. The fourth-order valence-corrected chi connectivity index (χ4v) is 3.61. The number of imidazole rings is 1. The van der Waals surface area contributed by atoms with E-state index in [4.69, 9.17) is 4.74 Å². The molecule has 148 valence electrons. The molecule has 2 aromatic carbocycles.